The number of halogens is 1. The van der Waals surface area contributed by atoms with E-state index in [1.165, 1.54) is 12.1 Å². The van der Waals surface area contributed by atoms with Crippen LogP contribution >= 0.6 is 0 Å². The Balaban J connectivity index is 0.000000461. The third-order valence-corrected chi connectivity index (χ3v) is 1.02. The largest absolute Gasteiger partial charge is 0.503 e. The van der Waals surface area contributed by atoms with Crippen molar-refractivity contribution >= 4 is 5.69 Å². The Bertz CT molecular complexity index is 205. The van der Waals surface area contributed by atoms with Gasteiger partial charge in [0, 0.05) is 0 Å². The molecule has 0 unspecified atom stereocenters. The second-order valence-electron chi connectivity index (χ2n) is 1.68. The van der Waals surface area contributed by atoms with Gasteiger partial charge in [-0.3, -0.25) is 0 Å². The quantitative estimate of drug-likeness (QED) is 0.447. The molecule has 0 atom stereocenters. The third-order valence-electron chi connectivity index (χ3n) is 1.02. The first-order valence-corrected chi connectivity index (χ1v) is 3.45. The average molecular weight is 157 g/mol. The molecule has 62 valence electrons. The summed E-state index contributed by atoms with van der Waals surface area (Å²) in [5, 5.41) is 8.71. The summed E-state index contributed by atoms with van der Waals surface area (Å²) in [5.41, 5.74) is 5.20. The number of aromatic hydroxyl groups is 1. The highest BCUT2D eigenvalue weighted by molar-refractivity contribution is 5.51. The SMILES string of the molecule is CC.Nc1cccc(F)c1O. The Morgan fingerprint density at radius 1 is 1.36 bits per heavy atom. The number of nitrogens with two attached hydrogens (primary N) is 1. The van der Waals surface area contributed by atoms with Crippen LogP contribution in [-0.4, -0.2) is 5.11 Å². The molecule has 0 aliphatic carbocycles. The van der Waals surface area contributed by atoms with Crippen LogP contribution in [0.25, 0.3) is 0 Å². The lowest BCUT2D eigenvalue weighted by Gasteiger charge is -1.96. The van der Waals surface area contributed by atoms with Crippen LogP contribution in [0.1, 0.15) is 13.8 Å². The minimum absolute atomic E-state index is 0.0648. The van der Waals surface area contributed by atoms with Gasteiger partial charge in [0.1, 0.15) is 0 Å². The smallest absolute Gasteiger partial charge is 0.174 e. The van der Waals surface area contributed by atoms with Gasteiger partial charge in [-0.25, -0.2) is 4.39 Å². The Morgan fingerprint density at radius 3 is 2.27 bits per heavy atom. The molecule has 1 aromatic rings. The summed E-state index contributed by atoms with van der Waals surface area (Å²) < 4.78 is 12.2. The number of anilines is 1. The normalized spacial score (nSPS) is 8.27. The van der Waals surface area contributed by atoms with Gasteiger partial charge < -0.3 is 10.8 Å². The van der Waals surface area contributed by atoms with Crippen molar-refractivity contribution in [2.75, 3.05) is 5.73 Å². The summed E-state index contributed by atoms with van der Waals surface area (Å²) in [6, 6.07) is 4.01. The predicted octanol–water partition coefficient (Wildman–Crippen LogP) is 2.14. The zero-order valence-corrected chi connectivity index (χ0v) is 6.63. The Kier molecular flexibility index (Phi) is 4.03. The molecular formula is C8H12FNO. The van der Waals surface area contributed by atoms with Gasteiger partial charge >= 0.3 is 0 Å². The van der Waals surface area contributed by atoms with Crippen LogP contribution in [0.4, 0.5) is 10.1 Å². The standard InChI is InChI=1S/C6H6FNO.C2H6/c7-4-2-1-3-5(8)6(4)9;1-2/h1-3,9H,8H2;1-2H3. The molecule has 0 bridgehead atoms. The van der Waals surface area contributed by atoms with Crippen molar-refractivity contribution in [1.82, 2.24) is 0 Å². The first-order chi connectivity index (χ1) is 5.22. The molecule has 0 radical (unpaired) electrons. The molecule has 1 rings (SSSR count). The molecular weight excluding hydrogens is 145 g/mol. The summed E-state index contributed by atoms with van der Waals surface area (Å²) in [4.78, 5) is 0. The van der Waals surface area contributed by atoms with Gasteiger partial charge in [-0.15, -0.1) is 0 Å². The first-order valence-electron chi connectivity index (χ1n) is 3.45. The Hall–Kier alpha value is -1.25. The van der Waals surface area contributed by atoms with Crippen molar-refractivity contribution in [2.24, 2.45) is 0 Å². The van der Waals surface area contributed by atoms with Crippen molar-refractivity contribution < 1.29 is 9.50 Å². The summed E-state index contributed by atoms with van der Waals surface area (Å²) in [6.45, 7) is 4.00. The topological polar surface area (TPSA) is 46.2 Å². The molecule has 2 nitrogen and oxygen atoms in total. The van der Waals surface area contributed by atoms with Crippen LogP contribution in [0.3, 0.4) is 0 Å². The lowest BCUT2D eigenvalue weighted by molar-refractivity contribution is 0.435. The van der Waals surface area contributed by atoms with Gasteiger partial charge in [0.05, 0.1) is 5.69 Å². The predicted molar refractivity (Wildman–Crippen MR) is 43.8 cm³/mol. The van der Waals surface area contributed by atoms with E-state index >= 15 is 0 Å². The second kappa shape index (κ2) is 4.55. The monoisotopic (exact) mass is 157 g/mol. The van der Waals surface area contributed by atoms with Gasteiger partial charge in [0.2, 0.25) is 0 Å². The summed E-state index contributed by atoms with van der Waals surface area (Å²) in [7, 11) is 0. The van der Waals surface area contributed by atoms with Crippen molar-refractivity contribution in [3.05, 3.63) is 24.0 Å². The summed E-state index contributed by atoms with van der Waals surface area (Å²) >= 11 is 0. The lowest BCUT2D eigenvalue weighted by Crippen LogP contribution is -1.86. The van der Waals surface area contributed by atoms with E-state index in [-0.39, 0.29) is 5.69 Å². The van der Waals surface area contributed by atoms with Gasteiger partial charge in [0.15, 0.2) is 11.6 Å². The Labute approximate surface area is 65.5 Å². The van der Waals surface area contributed by atoms with Crippen LogP contribution < -0.4 is 5.73 Å². The molecule has 1 aromatic carbocycles. The van der Waals surface area contributed by atoms with Crippen LogP contribution in [0, 0.1) is 5.82 Å². The highest BCUT2D eigenvalue weighted by Gasteiger charge is 2.00. The van der Waals surface area contributed by atoms with Crippen LogP contribution in [0.15, 0.2) is 18.2 Å². The molecule has 11 heavy (non-hydrogen) atoms. The maximum atomic E-state index is 12.2. The van der Waals surface area contributed by atoms with Crippen molar-refractivity contribution in [3.8, 4) is 5.75 Å². The third kappa shape index (κ3) is 2.45. The molecule has 0 fully saturated rings. The number of phenols is 1. The first kappa shape index (κ1) is 9.75. The molecule has 3 heteroatoms. The number of hydrogen-bond donors (Lipinski definition) is 2. The molecule has 0 spiro atoms. The van der Waals surface area contributed by atoms with E-state index in [1.807, 2.05) is 13.8 Å². The number of hydrogen-bond acceptors (Lipinski definition) is 2. The van der Waals surface area contributed by atoms with Crippen LogP contribution in [0.2, 0.25) is 0 Å². The minimum atomic E-state index is -0.685. The molecule has 0 saturated carbocycles. The van der Waals surface area contributed by atoms with E-state index in [0.717, 1.165) is 6.07 Å². The van der Waals surface area contributed by atoms with Gasteiger partial charge in [-0.05, 0) is 12.1 Å². The van der Waals surface area contributed by atoms with E-state index < -0.39 is 11.6 Å². The molecule has 3 N–H and O–H groups in total. The lowest BCUT2D eigenvalue weighted by atomic mass is 10.3. The fourth-order valence-electron chi connectivity index (χ4n) is 0.532. The molecule has 0 amide bonds. The van der Waals surface area contributed by atoms with Gasteiger partial charge in [-0.1, -0.05) is 19.9 Å². The van der Waals surface area contributed by atoms with E-state index in [9.17, 15) is 4.39 Å². The molecule has 0 aliphatic rings. The maximum absolute atomic E-state index is 12.2. The van der Waals surface area contributed by atoms with Crippen LogP contribution in [-0.2, 0) is 0 Å². The molecule has 0 aliphatic heterocycles. The van der Waals surface area contributed by atoms with Crippen molar-refractivity contribution in [3.63, 3.8) is 0 Å². The van der Waals surface area contributed by atoms with Gasteiger partial charge in [0.25, 0.3) is 0 Å². The number of rotatable bonds is 0. The second-order valence-corrected chi connectivity index (χ2v) is 1.68. The number of nitrogen functional groups attached to an aromatic ring is 1. The maximum Gasteiger partial charge on any atom is 0.174 e. The van der Waals surface area contributed by atoms with E-state index in [0.29, 0.717) is 0 Å². The number of benzene rings is 1. The van der Waals surface area contributed by atoms with E-state index in [1.54, 1.807) is 0 Å². The fourth-order valence-corrected chi connectivity index (χ4v) is 0.532. The number of phenolic OH excluding ortho intramolecular Hbond substituents is 1. The zero-order chi connectivity index (χ0) is 8.85. The van der Waals surface area contributed by atoms with Crippen LogP contribution in [0.5, 0.6) is 5.75 Å². The van der Waals surface area contributed by atoms with E-state index in [2.05, 4.69) is 0 Å². The highest BCUT2D eigenvalue weighted by Crippen LogP contribution is 2.21. The van der Waals surface area contributed by atoms with Gasteiger partial charge in [-0.2, -0.15) is 0 Å². The fraction of sp³-hybridized carbons (Fsp3) is 0.250. The summed E-state index contributed by atoms with van der Waals surface area (Å²) in [5.74, 6) is -1.16. The van der Waals surface area contributed by atoms with E-state index in [4.69, 9.17) is 10.8 Å². The van der Waals surface area contributed by atoms with Crippen molar-refractivity contribution in [1.29, 1.82) is 0 Å². The summed E-state index contributed by atoms with van der Waals surface area (Å²) in [6.07, 6.45) is 0. The Morgan fingerprint density at radius 2 is 1.91 bits per heavy atom. The molecule has 0 saturated heterocycles. The zero-order valence-electron chi connectivity index (χ0n) is 6.63. The molecule has 0 aromatic heterocycles. The minimum Gasteiger partial charge on any atom is -0.503 e. The molecule has 0 heterocycles. The number of para-hydroxylation sites is 1. The average Bonchev–Trinajstić information content (AvgIpc) is 2.04. The van der Waals surface area contributed by atoms with Crippen molar-refractivity contribution in [2.45, 2.75) is 13.8 Å². The highest BCUT2D eigenvalue weighted by atomic mass is 19.1.